The first-order valence-corrected chi connectivity index (χ1v) is 7.64. The molecule has 0 amide bonds. The van der Waals surface area contributed by atoms with Gasteiger partial charge in [-0.3, -0.25) is 0 Å². The van der Waals surface area contributed by atoms with Crippen molar-refractivity contribution < 1.29 is 36.2 Å². The highest BCUT2D eigenvalue weighted by molar-refractivity contribution is 5.26. The fraction of sp³-hybridized carbons (Fsp3) is 0.867. The molecule has 0 unspecified atom stereocenters. The molecule has 0 radical (unpaired) electrons. The summed E-state index contributed by atoms with van der Waals surface area (Å²) < 4.78 is 81.0. The molecule has 0 aromatic carbocycles. The van der Waals surface area contributed by atoms with Gasteiger partial charge in [0.1, 0.15) is 17.6 Å². The van der Waals surface area contributed by atoms with Crippen LogP contribution in [0.25, 0.3) is 0 Å². The lowest BCUT2D eigenvalue weighted by Gasteiger charge is -2.49. The predicted molar refractivity (Wildman–Crippen MR) is 69.4 cm³/mol. The van der Waals surface area contributed by atoms with Crippen LogP contribution < -0.4 is 0 Å². The molecule has 1 saturated heterocycles. The van der Waals surface area contributed by atoms with Crippen LogP contribution in [-0.2, 0) is 14.2 Å². The summed E-state index contributed by atoms with van der Waals surface area (Å²) in [6, 6.07) is 0. The van der Waals surface area contributed by atoms with E-state index in [4.69, 9.17) is 14.2 Å². The second-order valence-corrected chi connectivity index (χ2v) is 6.97. The molecule has 23 heavy (non-hydrogen) atoms. The Hall–Kier alpha value is -0.730. The highest BCUT2D eigenvalue weighted by Crippen LogP contribution is 2.60. The van der Waals surface area contributed by atoms with E-state index in [9.17, 15) is 22.0 Å². The van der Waals surface area contributed by atoms with Crippen LogP contribution in [0.3, 0.4) is 0 Å². The normalized spacial score (nSPS) is 41.5. The number of allylic oxidation sites excluding steroid dienone is 1. The molecule has 0 atom stereocenters. The molecule has 4 aliphatic rings. The quantitative estimate of drug-likeness (QED) is 0.718. The molecule has 1 aliphatic heterocycles. The molecule has 0 spiro atoms. The van der Waals surface area contributed by atoms with Crippen molar-refractivity contribution in [2.24, 2.45) is 16.7 Å². The Balaban J connectivity index is 1.58. The summed E-state index contributed by atoms with van der Waals surface area (Å²) in [5, 5.41) is 0. The summed E-state index contributed by atoms with van der Waals surface area (Å²) in [7, 11) is 0. The Labute approximate surface area is 130 Å². The zero-order valence-electron chi connectivity index (χ0n) is 12.7. The molecule has 3 nitrogen and oxygen atoms in total. The van der Waals surface area contributed by atoms with Crippen molar-refractivity contribution in [1.82, 2.24) is 0 Å². The smallest absolute Gasteiger partial charge is 0.329 e. The van der Waals surface area contributed by atoms with Crippen molar-refractivity contribution in [3.05, 3.63) is 11.7 Å². The fourth-order valence-corrected chi connectivity index (χ4v) is 3.42. The molecule has 2 fully saturated rings. The van der Waals surface area contributed by atoms with Crippen LogP contribution in [0.15, 0.2) is 11.7 Å². The van der Waals surface area contributed by atoms with Gasteiger partial charge >= 0.3 is 6.18 Å². The molecule has 3 aliphatic carbocycles. The third-order valence-electron chi connectivity index (χ3n) is 5.32. The van der Waals surface area contributed by atoms with Crippen molar-refractivity contribution >= 4 is 0 Å². The van der Waals surface area contributed by atoms with Gasteiger partial charge in [0.25, 0.3) is 6.48 Å². The van der Waals surface area contributed by atoms with Crippen molar-refractivity contribution in [2.75, 3.05) is 19.8 Å². The largest absolute Gasteiger partial charge is 0.396 e. The highest BCUT2D eigenvalue weighted by Gasteiger charge is 2.54. The molecule has 8 heteroatoms. The lowest BCUT2D eigenvalue weighted by atomic mass is 9.58. The van der Waals surface area contributed by atoms with Gasteiger partial charge in [0.15, 0.2) is 0 Å². The van der Waals surface area contributed by atoms with Gasteiger partial charge in [0.05, 0.1) is 19.8 Å². The molecule has 0 aromatic heterocycles. The van der Waals surface area contributed by atoms with E-state index < -0.39 is 54.3 Å². The molecule has 2 bridgehead atoms. The Morgan fingerprint density at radius 1 is 1.04 bits per heavy atom. The maximum atomic E-state index is 14.3. The second-order valence-electron chi connectivity index (χ2n) is 6.97. The number of rotatable bonds is 3. The summed E-state index contributed by atoms with van der Waals surface area (Å²) in [6.07, 6.45) is -2.45. The molecule has 0 aromatic rings. The van der Waals surface area contributed by atoms with Gasteiger partial charge in [0, 0.05) is 10.8 Å². The van der Waals surface area contributed by atoms with E-state index in [1.54, 1.807) is 6.92 Å². The first-order valence-electron chi connectivity index (χ1n) is 7.64. The maximum Gasteiger partial charge on any atom is 0.396 e. The SMILES string of the molecule is CC12CCC(COC3OCC(C(F)(F)F)CO3)(CC1)C(F)=C2F. The maximum absolute atomic E-state index is 14.3. The minimum atomic E-state index is -4.39. The molecular weight excluding hydrogens is 323 g/mol. The lowest BCUT2D eigenvalue weighted by Crippen LogP contribution is -2.46. The number of halogens is 5. The zero-order valence-corrected chi connectivity index (χ0v) is 12.7. The summed E-state index contributed by atoms with van der Waals surface area (Å²) in [6.45, 7) is -0.855. The third-order valence-corrected chi connectivity index (χ3v) is 5.32. The molecule has 1 heterocycles. The van der Waals surface area contributed by atoms with E-state index in [0.717, 1.165) is 0 Å². The highest BCUT2D eigenvalue weighted by atomic mass is 19.4. The number of alkyl halides is 3. The fourth-order valence-electron chi connectivity index (χ4n) is 3.42. The molecule has 1 saturated carbocycles. The molecule has 4 rings (SSSR count). The van der Waals surface area contributed by atoms with E-state index in [1.165, 1.54) is 0 Å². The summed E-state index contributed by atoms with van der Waals surface area (Å²) >= 11 is 0. The van der Waals surface area contributed by atoms with E-state index >= 15 is 0 Å². The van der Waals surface area contributed by atoms with Crippen LogP contribution in [0.4, 0.5) is 22.0 Å². The Morgan fingerprint density at radius 2 is 1.61 bits per heavy atom. The molecule has 0 N–H and O–H groups in total. The van der Waals surface area contributed by atoms with E-state index in [-0.39, 0.29) is 6.61 Å². The summed E-state index contributed by atoms with van der Waals surface area (Å²) in [5.74, 6) is -3.21. The van der Waals surface area contributed by atoms with Crippen LogP contribution in [0.2, 0.25) is 0 Å². The topological polar surface area (TPSA) is 27.7 Å². The van der Waals surface area contributed by atoms with E-state index in [0.29, 0.717) is 25.7 Å². The van der Waals surface area contributed by atoms with Crippen molar-refractivity contribution in [1.29, 1.82) is 0 Å². The molecule has 132 valence electrons. The van der Waals surface area contributed by atoms with Gasteiger partial charge in [-0.2, -0.15) is 13.2 Å². The second kappa shape index (κ2) is 5.67. The third kappa shape index (κ3) is 3.00. The van der Waals surface area contributed by atoms with Crippen LogP contribution in [0, 0.1) is 16.7 Å². The Kier molecular flexibility index (Phi) is 4.21. The van der Waals surface area contributed by atoms with Crippen LogP contribution in [0.1, 0.15) is 32.6 Å². The van der Waals surface area contributed by atoms with E-state index in [1.807, 2.05) is 0 Å². The first-order chi connectivity index (χ1) is 10.7. The van der Waals surface area contributed by atoms with Crippen LogP contribution in [0.5, 0.6) is 0 Å². The van der Waals surface area contributed by atoms with Gasteiger partial charge in [-0.15, -0.1) is 0 Å². The standard InChI is InChI=1S/C15H19F5O3/c1-13-2-4-14(5-3-13,11(17)10(13)16)8-23-12-21-6-9(7-22-12)15(18,19)20/h9,12H,2-8H2,1H3. The van der Waals surface area contributed by atoms with Gasteiger partial charge < -0.3 is 14.2 Å². The Bertz CT molecular complexity index is 486. The zero-order chi connectivity index (χ0) is 16.9. The van der Waals surface area contributed by atoms with E-state index in [2.05, 4.69) is 0 Å². The lowest BCUT2D eigenvalue weighted by molar-refractivity contribution is -0.354. The van der Waals surface area contributed by atoms with Crippen molar-refractivity contribution in [3.8, 4) is 0 Å². The summed E-state index contributed by atoms with van der Waals surface area (Å²) in [4.78, 5) is 0. The molecular formula is C15H19F5O3. The minimum Gasteiger partial charge on any atom is -0.329 e. The van der Waals surface area contributed by atoms with Crippen molar-refractivity contribution in [3.63, 3.8) is 0 Å². The van der Waals surface area contributed by atoms with Crippen molar-refractivity contribution in [2.45, 2.75) is 45.3 Å². The average Bonchev–Trinajstić information content (AvgIpc) is 2.51. The number of ether oxygens (including phenoxy) is 3. The van der Waals surface area contributed by atoms with Crippen LogP contribution in [-0.4, -0.2) is 32.5 Å². The first kappa shape index (κ1) is 17.1. The van der Waals surface area contributed by atoms with Gasteiger partial charge in [-0.05, 0) is 25.7 Å². The number of hydrogen-bond acceptors (Lipinski definition) is 3. The number of hydrogen-bond donors (Lipinski definition) is 0. The number of fused-ring (bicyclic) bond motifs is 2. The van der Waals surface area contributed by atoms with Crippen LogP contribution >= 0.6 is 0 Å². The summed E-state index contributed by atoms with van der Waals surface area (Å²) in [5.41, 5.74) is -1.78. The van der Waals surface area contributed by atoms with Gasteiger partial charge in [0.2, 0.25) is 0 Å². The predicted octanol–water partition coefficient (Wildman–Crippen LogP) is 4.24. The minimum absolute atomic E-state index is 0.163. The van der Waals surface area contributed by atoms with Gasteiger partial charge in [-0.25, -0.2) is 8.78 Å². The monoisotopic (exact) mass is 342 g/mol. The Morgan fingerprint density at radius 3 is 2.13 bits per heavy atom. The van der Waals surface area contributed by atoms with Gasteiger partial charge in [-0.1, -0.05) is 6.92 Å². The average molecular weight is 342 g/mol.